The molecule has 0 aromatic carbocycles. The zero-order valence-corrected chi connectivity index (χ0v) is 18.3. The minimum absolute atomic E-state index is 0.0582. The molecule has 0 aromatic rings. The van der Waals surface area contributed by atoms with Crippen molar-refractivity contribution in [2.24, 2.45) is 28.6 Å². The van der Waals surface area contributed by atoms with E-state index in [0.29, 0.717) is 23.1 Å². The number of ketones is 1. The first-order chi connectivity index (χ1) is 12.8. The summed E-state index contributed by atoms with van der Waals surface area (Å²) in [5.74, 6) is 2.07. The second-order valence-corrected chi connectivity index (χ2v) is 10.2. The quantitative estimate of drug-likeness (QED) is 0.340. The summed E-state index contributed by atoms with van der Waals surface area (Å²) in [6, 6.07) is 0. The standard InChI is InChI=1S/C23H31BrO3/c1-14(25)27-16-8-10-22(2)15(12-16)4-5-17-18-6-7-20(21(26)13-24)23(18,3)11-9-19(17)22/h4,7,16-19H,5-6,8-13H2,1-3H3/t16-,17-,18-,19-,22-,23-/m0/s1. The molecule has 0 amide bonds. The lowest BCUT2D eigenvalue weighted by Crippen LogP contribution is -2.50. The largest absolute Gasteiger partial charge is 0.462 e. The third-order valence-corrected chi connectivity index (χ3v) is 8.90. The number of rotatable bonds is 3. The van der Waals surface area contributed by atoms with E-state index < -0.39 is 0 Å². The molecule has 0 saturated heterocycles. The van der Waals surface area contributed by atoms with Crippen LogP contribution in [-0.2, 0) is 14.3 Å². The van der Waals surface area contributed by atoms with Crippen LogP contribution < -0.4 is 0 Å². The first kappa shape index (κ1) is 19.4. The molecule has 3 nitrogen and oxygen atoms in total. The lowest BCUT2D eigenvalue weighted by Gasteiger charge is -2.57. The number of ether oxygens (including phenoxy) is 1. The highest BCUT2D eigenvalue weighted by Crippen LogP contribution is 2.65. The Labute approximate surface area is 171 Å². The molecule has 0 spiro atoms. The molecule has 4 aliphatic rings. The third kappa shape index (κ3) is 2.97. The molecule has 4 heteroatoms. The molecule has 4 aliphatic carbocycles. The summed E-state index contributed by atoms with van der Waals surface area (Å²) in [4.78, 5) is 23.9. The van der Waals surface area contributed by atoms with Crippen molar-refractivity contribution in [1.29, 1.82) is 0 Å². The van der Waals surface area contributed by atoms with E-state index in [1.54, 1.807) is 0 Å². The lowest BCUT2D eigenvalue weighted by molar-refractivity contribution is -0.148. The van der Waals surface area contributed by atoms with E-state index in [1.165, 1.54) is 18.9 Å². The van der Waals surface area contributed by atoms with Gasteiger partial charge < -0.3 is 4.74 Å². The number of alkyl halides is 1. The maximum Gasteiger partial charge on any atom is 0.302 e. The Kier molecular flexibility index (Phi) is 4.93. The van der Waals surface area contributed by atoms with Crippen LogP contribution in [0.3, 0.4) is 0 Å². The molecule has 0 radical (unpaired) electrons. The smallest absolute Gasteiger partial charge is 0.302 e. The maximum atomic E-state index is 12.5. The number of carbonyl (C=O) groups is 2. The average molecular weight is 435 g/mol. The van der Waals surface area contributed by atoms with Gasteiger partial charge in [-0.15, -0.1) is 0 Å². The molecule has 0 aliphatic heterocycles. The second kappa shape index (κ2) is 6.86. The van der Waals surface area contributed by atoms with Crippen LogP contribution in [0.1, 0.15) is 65.7 Å². The van der Waals surface area contributed by atoms with E-state index in [9.17, 15) is 9.59 Å². The maximum absolute atomic E-state index is 12.5. The van der Waals surface area contributed by atoms with E-state index in [4.69, 9.17) is 4.74 Å². The topological polar surface area (TPSA) is 43.4 Å². The number of hydrogen-bond donors (Lipinski definition) is 0. The predicted molar refractivity (Wildman–Crippen MR) is 110 cm³/mol. The first-order valence-electron chi connectivity index (χ1n) is 10.5. The highest BCUT2D eigenvalue weighted by Gasteiger charge is 2.57. The molecule has 0 bridgehead atoms. The van der Waals surface area contributed by atoms with Gasteiger partial charge in [0.1, 0.15) is 6.10 Å². The van der Waals surface area contributed by atoms with Crippen LogP contribution in [-0.4, -0.2) is 23.2 Å². The van der Waals surface area contributed by atoms with Crippen molar-refractivity contribution < 1.29 is 14.3 Å². The van der Waals surface area contributed by atoms with Crippen LogP contribution in [0.4, 0.5) is 0 Å². The lowest BCUT2D eigenvalue weighted by atomic mass is 9.47. The van der Waals surface area contributed by atoms with Gasteiger partial charge in [-0.25, -0.2) is 0 Å². The Balaban J connectivity index is 1.58. The number of esters is 1. The van der Waals surface area contributed by atoms with Crippen molar-refractivity contribution in [3.8, 4) is 0 Å². The first-order valence-corrected chi connectivity index (χ1v) is 11.6. The summed E-state index contributed by atoms with van der Waals surface area (Å²) in [7, 11) is 0. The van der Waals surface area contributed by atoms with Crippen molar-refractivity contribution in [2.45, 2.75) is 71.8 Å². The average Bonchev–Trinajstić information content (AvgIpc) is 2.98. The molecule has 0 aromatic heterocycles. The summed E-state index contributed by atoms with van der Waals surface area (Å²) in [5, 5.41) is 0.439. The molecule has 6 atom stereocenters. The fraction of sp³-hybridized carbons (Fsp3) is 0.739. The zero-order chi connectivity index (χ0) is 19.4. The molecular weight excluding hydrogens is 404 g/mol. The summed E-state index contributed by atoms with van der Waals surface area (Å²) >= 11 is 3.38. The number of allylic oxidation sites excluding steroid dienone is 3. The van der Waals surface area contributed by atoms with Crippen molar-refractivity contribution in [1.82, 2.24) is 0 Å². The van der Waals surface area contributed by atoms with Gasteiger partial charge >= 0.3 is 5.97 Å². The van der Waals surface area contributed by atoms with Crippen molar-refractivity contribution in [3.63, 3.8) is 0 Å². The summed E-state index contributed by atoms with van der Waals surface area (Å²) < 4.78 is 5.53. The van der Waals surface area contributed by atoms with Gasteiger partial charge in [-0.3, -0.25) is 9.59 Å². The van der Waals surface area contributed by atoms with Crippen LogP contribution in [0, 0.1) is 28.6 Å². The highest BCUT2D eigenvalue weighted by molar-refractivity contribution is 9.09. The van der Waals surface area contributed by atoms with Crippen LogP contribution in [0.2, 0.25) is 0 Å². The van der Waals surface area contributed by atoms with Crippen molar-refractivity contribution >= 4 is 27.7 Å². The molecule has 2 fully saturated rings. The summed E-state index contributed by atoms with van der Waals surface area (Å²) in [6.07, 6.45) is 12.3. The van der Waals surface area contributed by atoms with E-state index in [2.05, 4.69) is 41.9 Å². The fourth-order valence-electron chi connectivity index (χ4n) is 7.03. The van der Waals surface area contributed by atoms with Crippen LogP contribution in [0.15, 0.2) is 23.3 Å². The van der Waals surface area contributed by atoms with Crippen LogP contribution in [0.5, 0.6) is 0 Å². The summed E-state index contributed by atoms with van der Waals surface area (Å²) in [5.41, 5.74) is 2.90. The van der Waals surface area contributed by atoms with Gasteiger partial charge in [0.2, 0.25) is 0 Å². The molecule has 0 heterocycles. The molecule has 0 N–H and O–H groups in total. The zero-order valence-electron chi connectivity index (χ0n) is 16.7. The summed E-state index contributed by atoms with van der Waals surface area (Å²) in [6.45, 7) is 6.31. The minimum Gasteiger partial charge on any atom is -0.462 e. The van der Waals surface area contributed by atoms with Crippen molar-refractivity contribution in [2.75, 3.05) is 5.33 Å². The van der Waals surface area contributed by atoms with Gasteiger partial charge in [-0.05, 0) is 72.7 Å². The minimum atomic E-state index is -0.160. The Bertz CT molecular complexity index is 723. The van der Waals surface area contributed by atoms with Crippen molar-refractivity contribution in [3.05, 3.63) is 23.3 Å². The van der Waals surface area contributed by atoms with Gasteiger partial charge in [-0.2, -0.15) is 0 Å². The van der Waals surface area contributed by atoms with Gasteiger partial charge in [0.25, 0.3) is 0 Å². The Morgan fingerprint density at radius 2 is 1.85 bits per heavy atom. The second-order valence-electron chi connectivity index (χ2n) is 9.60. The van der Waals surface area contributed by atoms with Crippen LogP contribution >= 0.6 is 15.9 Å². The Hall–Kier alpha value is -0.900. The molecule has 2 saturated carbocycles. The molecular formula is C23H31BrO3. The van der Waals surface area contributed by atoms with Crippen LogP contribution in [0.25, 0.3) is 0 Å². The van der Waals surface area contributed by atoms with E-state index in [-0.39, 0.29) is 28.7 Å². The van der Waals surface area contributed by atoms with E-state index in [1.807, 2.05) is 0 Å². The molecule has 148 valence electrons. The highest BCUT2D eigenvalue weighted by atomic mass is 79.9. The molecule has 4 rings (SSSR count). The number of carbonyl (C=O) groups excluding carboxylic acids is 2. The Morgan fingerprint density at radius 1 is 1.11 bits per heavy atom. The Morgan fingerprint density at radius 3 is 2.56 bits per heavy atom. The predicted octanol–water partition coefficient (Wildman–Crippen LogP) is 5.38. The molecule has 0 unspecified atom stereocenters. The van der Waals surface area contributed by atoms with Gasteiger partial charge in [0, 0.05) is 13.3 Å². The number of Topliss-reactive ketones (excluding diaryl/α,β-unsaturated/α-hetero) is 1. The fourth-order valence-corrected chi connectivity index (χ4v) is 7.34. The number of fused-ring (bicyclic) bond motifs is 5. The SMILES string of the molecule is CC(=O)O[C@H]1CC[C@@]2(C)C(=CC[C@@H]3[C@@H]2CC[C@]2(C)C(C(=O)CBr)=CC[C@@H]32)C1. The van der Waals surface area contributed by atoms with Gasteiger partial charge in [-0.1, -0.05) is 47.5 Å². The monoisotopic (exact) mass is 434 g/mol. The van der Waals surface area contributed by atoms with E-state index >= 15 is 0 Å². The third-order valence-electron chi connectivity index (χ3n) is 8.39. The van der Waals surface area contributed by atoms with Gasteiger partial charge in [0.15, 0.2) is 5.78 Å². The van der Waals surface area contributed by atoms with Gasteiger partial charge in [0.05, 0.1) is 5.33 Å². The number of halogens is 1. The normalized spacial score (nSPS) is 43.0. The number of hydrogen-bond acceptors (Lipinski definition) is 3. The van der Waals surface area contributed by atoms with E-state index in [0.717, 1.165) is 44.1 Å². The molecule has 27 heavy (non-hydrogen) atoms.